The van der Waals surface area contributed by atoms with Gasteiger partial charge in [0.15, 0.2) is 0 Å². The first-order chi connectivity index (χ1) is 16.2. The van der Waals surface area contributed by atoms with Gasteiger partial charge in [0.2, 0.25) is 0 Å². The zero-order valence-corrected chi connectivity index (χ0v) is 19.1. The average molecular weight is 444 g/mol. The smallest absolute Gasteiger partial charge is 0.335 e. The predicted octanol–water partition coefficient (Wildman–Crippen LogP) is 5.98. The molecule has 1 saturated heterocycles. The number of carbonyl (C=O) groups is 1. The molecule has 4 rings (SSSR count). The van der Waals surface area contributed by atoms with Gasteiger partial charge in [0.1, 0.15) is 6.10 Å². The molecule has 0 saturated carbocycles. The second-order valence-electron chi connectivity index (χ2n) is 8.80. The van der Waals surface area contributed by atoms with Crippen molar-refractivity contribution >= 4 is 5.97 Å². The summed E-state index contributed by atoms with van der Waals surface area (Å²) < 4.78 is 6.65. The number of carboxylic acid groups (broad SMARTS) is 1. The molecule has 172 valence electrons. The quantitative estimate of drug-likeness (QED) is 0.392. The first-order valence-electron chi connectivity index (χ1n) is 12.0. The van der Waals surface area contributed by atoms with E-state index in [9.17, 15) is 9.90 Å². The lowest BCUT2D eigenvalue weighted by Crippen LogP contribution is -2.38. The molecule has 1 N–H and O–H groups in total. The predicted molar refractivity (Wildman–Crippen MR) is 132 cm³/mol. The molecule has 0 unspecified atom stereocenters. The highest BCUT2D eigenvalue weighted by Crippen LogP contribution is 2.30. The number of hydrogen-bond donors (Lipinski definition) is 1. The number of unbranched alkanes of at least 4 members (excludes halogenated alkanes) is 1. The first kappa shape index (κ1) is 23.2. The van der Waals surface area contributed by atoms with Crippen molar-refractivity contribution in [3.8, 4) is 0 Å². The van der Waals surface area contributed by atoms with E-state index in [0.29, 0.717) is 5.56 Å². The van der Waals surface area contributed by atoms with Gasteiger partial charge in [-0.25, -0.2) is 4.79 Å². The van der Waals surface area contributed by atoms with Gasteiger partial charge >= 0.3 is 5.97 Å². The molecule has 0 spiro atoms. The molecule has 33 heavy (non-hydrogen) atoms. The maximum absolute atomic E-state index is 11.4. The van der Waals surface area contributed by atoms with Gasteiger partial charge in [-0.2, -0.15) is 0 Å². The van der Waals surface area contributed by atoms with E-state index in [-0.39, 0.29) is 12.2 Å². The number of hydrogen-bond acceptors (Lipinski definition) is 3. The third-order valence-corrected chi connectivity index (χ3v) is 6.49. The molecule has 0 amide bonds. The Morgan fingerprint density at radius 3 is 2.03 bits per heavy atom. The number of benzene rings is 3. The van der Waals surface area contributed by atoms with Crippen LogP contribution in [0.2, 0.25) is 0 Å². The summed E-state index contributed by atoms with van der Waals surface area (Å²) in [7, 11) is 0. The molecule has 1 aliphatic heterocycles. The molecular weight excluding hydrogens is 410 g/mol. The van der Waals surface area contributed by atoms with Gasteiger partial charge in [0.05, 0.1) is 11.7 Å². The Morgan fingerprint density at radius 2 is 1.42 bits per heavy atom. The van der Waals surface area contributed by atoms with Crippen LogP contribution in [0.3, 0.4) is 0 Å². The largest absolute Gasteiger partial charge is 0.478 e. The van der Waals surface area contributed by atoms with Gasteiger partial charge in [-0.15, -0.1) is 0 Å². The molecule has 4 heteroatoms. The summed E-state index contributed by atoms with van der Waals surface area (Å²) in [5.41, 5.74) is 3.77. The van der Waals surface area contributed by atoms with Crippen LogP contribution in [-0.2, 0) is 11.2 Å². The standard InChI is InChI=1S/C29H33NO3/c31-29(32)27-17-8-7-11-23(27)12-9-10-20-30-21-18-26(19-22-30)33-28(24-13-3-1-4-14-24)25-15-5-2-6-16-25/h1-8,11,13-17,26,28H,9-10,12,18-22H2,(H,31,32). The molecule has 4 nitrogen and oxygen atoms in total. The Hall–Kier alpha value is -2.95. The molecule has 0 aliphatic carbocycles. The monoisotopic (exact) mass is 443 g/mol. The van der Waals surface area contributed by atoms with Gasteiger partial charge in [-0.1, -0.05) is 78.9 Å². The average Bonchev–Trinajstić information content (AvgIpc) is 2.87. The summed E-state index contributed by atoms with van der Waals surface area (Å²) in [6.45, 7) is 3.15. The van der Waals surface area contributed by atoms with E-state index in [2.05, 4.69) is 53.4 Å². The van der Waals surface area contributed by atoms with Gasteiger partial charge in [-0.05, 0) is 61.4 Å². The van der Waals surface area contributed by atoms with Crippen LogP contribution in [0.4, 0.5) is 0 Å². The van der Waals surface area contributed by atoms with Crippen LogP contribution in [0.15, 0.2) is 84.9 Å². The number of carboxylic acids is 1. The zero-order valence-electron chi connectivity index (χ0n) is 19.1. The van der Waals surface area contributed by atoms with Crippen LogP contribution < -0.4 is 0 Å². The fourth-order valence-corrected chi connectivity index (χ4v) is 4.66. The van der Waals surface area contributed by atoms with Crippen LogP contribution in [-0.4, -0.2) is 41.7 Å². The minimum Gasteiger partial charge on any atom is -0.478 e. The Balaban J connectivity index is 1.24. The van der Waals surface area contributed by atoms with Crippen LogP contribution in [0, 0.1) is 0 Å². The number of aryl methyl sites for hydroxylation is 1. The summed E-state index contributed by atoms with van der Waals surface area (Å²) in [5.74, 6) is -0.836. The second kappa shape index (κ2) is 11.8. The zero-order chi connectivity index (χ0) is 22.9. The lowest BCUT2D eigenvalue weighted by atomic mass is 9.99. The van der Waals surface area contributed by atoms with Crippen molar-refractivity contribution in [2.24, 2.45) is 0 Å². The molecule has 0 radical (unpaired) electrons. The van der Waals surface area contributed by atoms with Crippen molar-refractivity contribution in [1.82, 2.24) is 4.90 Å². The minimum absolute atomic E-state index is 0.0294. The summed E-state index contributed by atoms with van der Waals surface area (Å²) in [5, 5.41) is 9.34. The number of rotatable bonds is 10. The summed E-state index contributed by atoms with van der Waals surface area (Å²) in [6.07, 6.45) is 5.21. The van der Waals surface area contributed by atoms with Gasteiger partial charge in [-0.3, -0.25) is 0 Å². The molecule has 1 heterocycles. The van der Waals surface area contributed by atoms with Crippen molar-refractivity contribution < 1.29 is 14.6 Å². The van der Waals surface area contributed by atoms with E-state index < -0.39 is 5.97 Å². The molecule has 0 bridgehead atoms. The highest BCUT2D eigenvalue weighted by atomic mass is 16.5. The van der Waals surface area contributed by atoms with Crippen LogP contribution in [0.25, 0.3) is 0 Å². The van der Waals surface area contributed by atoms with E-state index in [0.717, 1.165) is 57.3 Å². The molecule has 3 aromatic carbocycles. The summed E-state index contributed by atoms with van der Waals surface area (Å²) in [6, 6.07) is 28.3. The molecule has 1 aliphatic rings. The number of ether oxygens (including phenoxy) is 1. The third kappa shape index (κ3) is 6.53. The summed E-state index contributed by atoms with van der Waals surface area (Å²) >= 11 is 0. The van der Waals surface area contributed by atoms with E-state index >= 15 is 0 Å². The third-order valence-electron chi connectivity index (χ3n) is 6.49. The maximum Gasteiger partial charge on any atom is 0.335 e. The molecule has 0 aromatic heterocycles. The molecule has 0 atom stereocenters. The molecular formula is C29H33NO3. The lowest BCUT2D eigenvalue weighted by Gasteiger charge is -2.34. The number of piperidine rings is 1. The van der Waals surface area contributed by atoms with E-state index in [1.54, 1.807) is 12.1 Å². The number of aromatic carboxylic acids is 1. The van der Waals surface area contributed by atoms with E-state index in [4.69, 9.17) is 4.74 Å². The Bertz CT molecular complexity index is 958. The highest BCUT2D eigenvalue weighted by molar-refractivity contribution is 5.89. The summed E-state index contributed by atoms with van der Waals surface area (Å²) in [4.78, 5) is 13.9. The van der Waals surface area contributed by atoms with E-state index in [1.807, 2.05) is 24.3 Å². The lowest BCUT2D eigenvalue weighted by molar-refractivity contribution is -0.0270. The SMILES string of the molecule is O=C(O)c1ccccc1CCCCN1CCC(OC(c2ccccc2)c2ccccc2)CC1. The van der Waals surface area contributed by atoms with Gasteiger partial charge in [0.25, 0.3) is 0 Å². The Morgan fingerprint density at radius 1 is 0.848 bits per heavy atom. The van der Waals surface area contributed by atoms with Crippen molar-refractivity contribution in [1.29, 1.82) is 0 Å². The topological polar surface area (TPSA) is 49.8 Å². The van der Waals surface area contributed by atoms with Crippen molar-refractivity contribution in [2.75, 3.05) is 19.6 Å². The fourth-order valence-electron chi connectivity index (χ4n) is 4.66. The number of nitrogens with zero attached hydrogens (tertiary/aromatic N) is 1. The van der Waals surface area contributed by atoms with Gasteiger partial charge in [0, 0.05) is 13.1 Å². The first-order valence-corrected chi connectivity index (χ1v) is 12.0. The Labute approximate surface area is 196 Å². The Kier molecular flexibility index (Phi) is 8.29. The second-order valence-corrected chi connectivity index (χ2v) is 8.80. The van der Waals surface area contributed by atoms with E-state index in [1.165, 1.54) is 11.1 Å². The van der Waals surface area contributed by atoms with Crippen molar-refractivity contribution in [3.63, 3.8) is 0 Å². The van der Waals surface area contributed by atoms with Gasteiger partial charge < -0.3 is 14.7 Å². The van der Waals surface area contributed by atoms with Crippen LogP contribution >= 0.6 is 0 Å². The van der Waals surface area contributed by atoms with Crippen molar-refractivity contribution in [2.45, 2.75) is 44.3 Å². The molecule has 1 fully saturated rings. The molecule has 3 aromatic rings. The van der Waals surface area contributed by atoms with Crippen LogP contribution in [0.1, 0.15) is 58.8 Å². The number of likely N-dealkylation sites (tertiary alicyclic amines) is 1. The van der Waals surface area contributed by atoms with Crippen LogP contribution in [0.5, 0.6) is 0 Å². The normalized spacial score (nSPS) is 15.1. The fraction of sp³-hybridized carbons (Fsp3) is 0.345. The minimum atomic E-state index is -0.836. The maximum atomic E-state index is 11.4. The van der Waals surface area contributed by atoms with Crippen molar-refractivity contribution in [3.05, 3.63) is 107 Å². The highest BCUT2D eigenvalue weighted by Gasteiger charge is 2.24.